The van der Waals surface area contributed by atoms with Crippen molar-refractivity contribution in [2.45, 2.75) is 19.8 Å². The van der Waals surface area contributed by atoms with Crippen molar-refractivity contribution in [2.75, 3.05) is 6.61 Å². The van der Waals surface area contributed by atoms with Crippen LogP contribution in [0, 0.1) is 0 Å². The summed E-state index contributed by atoms with van der Waals surface area (Å²) in [6.45, 7) is 2.49. The zero-order chi connectivity index (χ0) is 17.9. The van der Waals surface area contributed by atoms with Gasteiger partial charge in [-0.15, -0.1) is 0 Å². The Hall–Kier alpha value is -2.02. The van der Waals surface area contributed by atoms with E-state index in [2.05, 4.69) is 0 Å². The summed E-state index contributed by atoms with van der Waals surface area (Å²) in [5.41, 5.74) is 0.539. The van der Waals surface area contributed by atoms with Gasteiger partial charge in [0.05, 0.1) is 18.1 Å². The zero-order valence-corrected chi connectivity index (χ0v) is 16.3. The Morgan fingerprint density at radius 2 is 1.36 bits per heavy atom. The topological polar surface area (TPSA) is 107 Å². The predicted molar refractivity (Wildman–Crippen MR) is 85.7 cm³/mol. The average molecular weight is 354 g/mol. The fourth-order valence-electron chi connectivity index (χ4n) is 1.59. The number of unbranched alkanes of at least 4 members (excludes halogenated alkanes) is 1. The van der Waals surface area contributed by atoms with Crippen molar-refractivity contribution in [2.24, 2.45) is 0 Å². The fourth-order valence-corrected chi connectivity index (χ4v) is 1.59. The van der Waals surface area contributed by atoms with E-state index in [1.54, 1.807) is 12.1 Å². The number of rotatable bonds is 5. The van der Waals surface area contributed by atoms with Gasteiger partial charge in [-0.25, -0.2) is 4.79 Å². The van der Waals surface area contributed by atoms with Crippen LogP contribution < -0.4 is 34.7 Å². The van der Waals surface area contributed by atoms with Gasteiger partial charge in [-0.3, -0.25) is 0 Å². The number of carboxylic acids is 1. The van der Waals surface area contributed by atoms with Crippen LogP contribution in [-0.2, 0) is 4.74 Å². The van der Waals surface area contributed by atoms with Crippen LogP contribution >= 0.6 is 0 Å². The number of aromatic carboxylic acids is 1. The number of phenolic OH excluding ortho intramolecular Hbond substituents is 2. The number of carbonyl (C=O) groups excluding carboxylic acids is 2. The Labute approximate surface area is 168 Å². The number of esters is 1. The minimum atomic E-state index is -1.24. The van der Waals surface area contributed by atoms with E-state index in [1.807, 2.05) is 6.92 Å². The second kappa shape index (κ2) is 12.4. The molecular weight excluding hydrogens is 335 g/mol. The first kappa shape index (κ1) is 23.0. The Balaban J connectivity index is 0.000000465. The maximum atomic E-state index is 11.3. The van der Waals surface area contributed by atoms with Crippen molar-refractivity contribution in [3.05, 3.63) is 59.7 Å². The number of benzene rings is 2. The molecule has 0 aliphatic carbocycles. The van der Waals surface area contributed by atoms with Crippen molar-refractivity contribution in [1.82, 2.24) is 0 Å². The summed E-state index contributed by atoms with van der Waals surface area (Å²) in [5.74, 6) is -1.38. The van der Waals surface area contributed by atoms with Gasteiger partial charge in [0.2, 0.25) is 0 Å². The molecule has 0 atom stereocenters. The van der Waals surface area contributed by atoms with E-state index >= 15 is 0 Å². The van der Waals surface area contributed by atoms with Crippen molar-refractivity contribution in [1.29, 1.82) is 0 Å². The molecule has 0 saturated carbocycles. The van der Waals surface area contributed by atoms with E-state index in [1.165, 1.54) is 36.4 Å². The third-order valence-corrected chi connectivity index (χ3v) is 2.94. The van der Waals surface area contributed by atoms with E-state index in [9.17, 15) is 14.7 Å². The first-order chi connectivity index (χ1) is 11.4. The predicted octanol–water partition coefficient (Wildman–Crippen LogP) is -0.891. The fraction of sp³-hybridized carbons (Fsp3) is 0.222. The molecule has 0 aromatic heterocycles. The SMILES string of the molecule is CCCCOC(=O)c1ccc(O)cc1.O=C([O-])c1ccc(O)cc1.[Na+]. The van der Waals surface area contributed by atoms with Crippen LogP contribution in [0.4, 0.5) is 0 Å². The van der Waals surface area contributed by atoms with Crippen LogP contribution in [0.25, 0.3) is 0 Å². The summed E-state index contributed by atoms with van der Waals surface area (Å²) in [6, 6.07) is 11.2. The molecule has 0 fully saturated rings. The number of carbonyl (C=O) groups is 2. The number of ether oxygens (including phenoxy) is 1. The molecule has 6 nitrogen and oxygen atoms in total. The Bertz CT molecular complexity index is 652. The minimum absolute atomic E-state index is 0. The van der Waals surface area contributed by atoms with Crippen LogP contribution in [0.5, 0.6) is 11.5 Å². The van der Waals surface area contributed by atoms with Gasteiger partial charge in [-0.05, 0) is 60.5 Å². The first-order valence-corrected chi connectivity index (χ1v) is 7.40. The van der Waals surface area contributed by atoms with Gasteiger partial charge in [0, 0.05) is 0 Å². The maximum absolute atomic E-state index is 11.3. The zero-order valence-electron chi connectivity index (χ0n) is 14.3. The smallest absolute Gasteiger partial charge is 0.545 e. The molecule has 2 N–H and O–H groups in total. The van der Waals surface area contributed by atoms with E-state index in [4.69, 9.17) is 14.9 Å². The third-order valence-electron chi connectivity index (χ3n) is 2.94. The van der Waals surface area contributed by atoms with Crippen LogP contribution in [0.1, 0.15) is 40.5 Å². The summed E-state index contributed by atoms with van der Waals surface area (Å²) >= 11 is 0. The molecule has 0 aliphatic rings. The van der Waals surface area contributed by atoms with Crippen LogP contribution in [0.2, 0.25) is 0 Å². The van der Waals surface area contributed by atoms with E-state index < -0.39 is 5.97 Å². The molecule has 0 saturated heterocycles. The molecule has 0 bridgehead atoms. The van der Waals surface area contributed by atoms with Crippen LogP contribution in [0.3, 0.4) is 0 Å². The molecule has 25 heavy (non-hydrogen) atoms. The normalized spacial score (nSPS) is 9.16. The van der Waals surface area contributed by atoms with Crippen LogP contribution in [0.15, 0.2) is 48.5 Å². The average Bonchev–Trinajstić information content (AvgIpc) is 2.56. The van der Waals surface area contributed by atoms with Crippen molar-refractivity contribution < 1.29 is 59.2 Å². The molecule has 0 radical (unpaired) electrons. The van der Waals surface area contributed by atoms with Gasteiger partial charge < -0.3 is 24.9 Å². The summed E-state index contributed by atoms with van der Waals surface area (Å²) in [6.07, 6.45) is 1.88. The quantitative estimate of drug-likeness (QED) is 0.410. The number of phenols is 2. The number of hydrogen-bond acceptors (Lipinski definition) is 6. The molecule has 2 rings (SSSR count). The monoisotopic (exact) mass is 354 g/mol. The molecular formula is C18H19NaO6. The van der Waals surface area contributed by atoms with Crippen molar-refractivity contribution in [3.8, 4) is 11.5 Å². The maximum Gasteiger partial charge on any atom is 1.00 e. The molecule has 2 aromatic carbocycles. The van der Waals surface area contributed by atoms with E-state index in [0.29, 0.717) is 12.2 Å². The van der Waals surface area contributed by atoms with Crippen molar-refractivity contribution >= 4 is 11.9 Å². The first-order valence-electron chi connectivity index (χ1n) is 7.40. The van der Waals surface area contributed by atoms with Crippen molar-refractivity contribution in [3.63, 3.8) is 0 Å². The van der Waals surface area contributed by atoms with Gasteiger partial charge in [-0.1, -0.05) is 13.3 Å². The Morgan fingerprint density at radius 1 is 0.920 bits per heavy atom. The molecule has 7 heteroatoms. The molecule has 0 heterocycles. The molecule has 0 unspecified atom stereocenters. The van der Waals surface area contributed by atoms with Gasteiger partial charge in [0.25, 0.3) is 0 Å². The van der Waals surface area contributed by atoms with Gasteiger partial charge in [0.15, 0.2) is 0 Å². The van der Waals surface area contributed by atoms with Gasteiger partial charge in [-0.2, -0.15) is 0 Å². The second-order valence-electron chi connectivity index (χ2n) is 4.87. The third kappa shape index (κ3) is 9.14. The Kier molecular flexibility index (Phi) is 11.4. The number of hydrogen-bond donors (Lipinski definition) is 2. The van der Waals surface area contributed by atoms with E-state index in [-0.39, 0.29) is 52.6 Å². The van der Waals surface area contributed by atoms with Gasteiger partial charge in [0.1, 0.15) is 11.5 Å². The summed E-state index contributed by atoms with van der Waals surface area (Å²) in [4.78, 5) is 21.4. The largest absolute Gasteiger partial charge is 1.00 e. The molecule has 0 aliphatic heterocycles. The molecule has 128 valence electrons. The minimum Gasteiger partial charge on any atom is -0.545 e. The standard InChI is InChI=1S/C11H14O3.C7H6O3.Na/c1-2-3-8-14-11(13)9-4-6-10(12)7-5-9;8-6-3-1-5(2-4-6)7(9)10;/h4-7,12H,2-3,8H2,1H3;1-4,8H,(H,9,10);/q;;+1/p-1. The second-order valence-corrected chi connectivity index (χ2v) is 4.87. The summed E-state index contributed by atoms with van der Waals surface area (Å²) < 4.78 is 4.99. The summed E-state index contributed by atoms with van der Waals surface area (Å²) in [7, 11) is 0. The molecule has 0 spiro atoms. The number of carboxylic acid groups (broad SMARTS) is 1. The van der Waals surface area contributed by atoms with Gasteiger partial charge >= 0.3 is 35.5 Å². The number of aromatic hydroxyl groups is 2. The molecule has 0 amide bonds. The van der Waals surface area contributed by atoms with E-state index in [0.717, 1.165) is 12.8 Å². The summed E-state index contributed by atoms with van der Waals surface area (Å²) in [5, 5.41) is 27.8. The molecule has 2 aromatic rings. The van der Waals surface area contributed by atoms with Crippen LogP contribution in [-0.4, -0.2) is 28.8 Å². The Morgan fingerprint density at radius 3 is 1.76 bits per heavy atom.